The second kappa shape index (κ2) is 7.32. The van der Waals surface area contributed by atoms with E-state index in [0.717, 1.165) is 38.2 Å². The number of hydrogen-bond donors (Lipinski definition) is 1. The number of carbonyl (C=O) groups is 2. The fourth-order valence-electron chi connectivity index (χ4n) is 5.09. The molecule has 4 atom stereocenters. The molecule has 3 saturated heterocycles. The van der Waals surface area contributed by atoms with Crippen LogP contribution >= 0.6 is 0 Å². The van der Waals surface area contributed by atoms with E-state index in [1.165, 1.54) is 13.3 Å². The topological polar surface area (TPSA) is 87.7 Å². The van der Waals surface area contributed by atoms with Crippen molar-refractivity contribution >= 4 is 17.6 Å². The molecule has 4 heterocycles. The predicted octanol–water partition coefficient (Wildman–Crippen LogP) is 0.827. The first-order chi connectivity index (χ1) is 13.1. The van der Waals surface area contributed by atoms with Gasteiger partial charge >= 0.3 is 0 Å². The number of nitrogens with zero attached hydrogens (tertiary/aromatic N) is 4. The molecular formula is C19H27N5O3. The quantitative estimate of drug-likeness (QED) is 0.841. The van der Waals surface area contributed by atoms with E-state index in [-0.39, 0.29) is 23.9 Å². The Morgan fingerprint density at radius 1 is 1.33 bits per heavy atom. The smallest absolute Gasteiger partial charge is 0.223 e. The van der Waals surface area contributed by atoms with Crippen LogP contribution in [-0.2, 0) is 9.59 Å². The van der Waals surface area contributed by atoms with Crippen LogP contribution in [0.4, 0.5) is 5.82 Å². The van der Waals surface area contributed by atoms with E-state index in [9.17, 15) is 9.59 Å². The lowest BCUT2D eigenvalue weighted by atomic mass is 9.72. The van der Waals surface area contributed by atoms with Gasteiger partial charge in [-0.2, -0.15) is 0 Å². The fourth-order valence-corrected chi connectivity index (χ4v) is 5.09. The van der Waals surface area contributed by atoms with E-state index in [0.29, 0.717) is 30.7 Å². The van der Waals surface area contributed by atoms with E-state index in [1.807, 2.05) is 6.07 Å². The number of hydrogen-bond acceptors (Lipinski definition) is 6. The van der Waals surface area contributed by atoms with Crippen molar-refractivity contribution in [3.05, 3.63) is 12.4 Å². The number of nitrogens with one attached hydrogen (secondary N) is 1. The Balaban J connectivity index is 1.61. The average molecular weight is 373 g/mol. The van der Waals surface area contributed by atoms with Crippen LogP contribution in [0.5, 0.6) is 5.88 Å². The van der Waals surface area contributed by atoms with E-state index in [1.54, 1.807) is 7.11 Å². The minimum absolute atomic E-state index is 0.0497. The lowest BCUT2D eigenvalue weighted by molar-refractivity contribution is -0.149. The van der Waals surface area contributed by atoms with Crippen molar-refractivity contribution in [1.29, 1.82) is 0 Å². The third-order valence-electron chi connectivity index (χ3n) is 6.22. The van der Waals surface area contributed by atoms with Crippen LogP contribution in [-0.4, -0.2) is 65.5 Å². The Bertz CT molecular complexity index is 727. The number of amides is 2. The number of piperidine rings is 3. The lowest BCUT2D eigenvalue weighted by Gasteiger charge is -2.56. The van der Waals surface area contributed by atoms with E-state index in [2.05, 4.69) is 25.1 Å². The largest absolute Gasteiger partial charge is 0.481 e. The molecule has 0 aromatic carbocycles. The summed E-state index contributed by atoms with van der Waals surface area (Å²) in [6.07, 6.45) is 5.25. The molecule has 146 valence electrons. The molecule has 3 aliphatic heterocycles. The number of rotatable bonds is 4. The second-order valence-electron chi connectivity index (χ2n) is 7.84. The second-order valence-corrected chi connectivity index (χ2v) is 7.84. The van der Waals surface area contributed by atoms with Crippen LogP contribution in [0, 0.1) is 11.8 Å². The van der Waals surface area contributed by atoms with E-state index >= 15 is 0 Å². The molecule has 0 radical (unpaired) electrons. The van der Waals surface area contributed by atoms with Crippen molar-refractivity contribution in [2.24, 2.45) is 11.8 Å². The SMILES string of the molecule is COc1cc(N2C[C@H]3C[C@@H](C2)[C@H](CNC(C)=O)N2C(=O)CCC[C@@H]32)ncn1. The van der Waals surface area contributed by atoms with Gasteiger partial charge in [0.25, 0.3) is 0 Å². The number of anilines is 1. The Morgan fingerprint density at radius 3 is 2.93 bits per heavy atom. The van der Waals surface area contributed by atoms with Gasteiger partial charge in [0.2, 0.25) is 17.7 Å². The number of aromatic nitrogens is 2. The summed E-state index contributed by atoms with van der Waals surface area (Å²) in [6, 6.07) is 2.18. The summed E-state index contributed by atoms with van der Waals surface area (Å²) in [5.41, 5.74) is 0. The molecule has 8 nitrogen and oxygen atoms in total. The zero-order valence-corrected chi connectivity index (χ0v) is 15.9. The van der Waals surface area contributed by atoms with Gasteiger partial charge in [0.1, 0.15) is 12.1 Å². The summed E-state index contributed by atoms with van der Waals surface area (Å²) >= 11 is 0. The van der Waals surface area contributed by atoms with Gasteiger partial charge in [0.15, 0.2) is 0 Å². The van der Waals surface area contributed by atoms with Crippen molar-refractivity contribution in [2.75, 3.05) is 31.6 Å². The van der Waals surface area contributed by atoms with Crippen LogP contribution in [0.25, 0.3) is 0 Å². The molecule has 4 rings (SSSR count). The van der Waals surface area contributed by atoms with Gasteiger partial charge in [-0.3, -0.25) is 9.59 Å². The Labute approximate surface area is 159 Å². The molecule has 0 aliphatic carbocycles. The monoisotopic (exact) mass is 373 g/mol. The van der Waals surface area contributed by atoms with Crippen LogP contribution in [0.3, 0.4) is 0 Å². The molecule has 1 aromatic rings. The first kappa shape index (κ1) is 18.0. The standard InChI is InChI=1S/C19H27N5O3/c1-12(25)20-8-16-14-6-13(15-4-3-5-19(26)24(15)16)9-23(10-14)17-7-18(27-2)22-11-21-17/h7,11,13-16H,3-6,8-10H2,1-2H3,(H,20,25)/t13-,14+,15+,16+/m1/s1. The summed E-state index contributed by atoms with van der Waals surface area (Å²) in [5.74, 6) is 2.36. The minimum atomic E-state index is -0.0497. The summed E-state index contributed by atoms with van der Waals surface area (Å²) in [7, 11) is 1.60. The molecule has 27 heavy (non-hydrogen) atoms. The zero-order chi connectivity index (χ0) is 19.0. The van der Waals surface area contributed by atoms with Crippen molar-refractivity contribution in [3.8, 4) is 5.88 Å². The normalized spacial score (nSPS) is 29.9. The van der Waals surface area contributed by atoms with Gasteiger partial charge in [-0.25, -0.2) is 9.97 Å². The number of fused-ring (bicyclic) bond motifs is 4. The summed E-state index contributed by atoms with van der Waals surface area (Å²) in [4.78, 5) is 37.2. The molecule has 1 aromatic heterocycles. The number of methoxy groups -OCH3 is 1. The zero-order valence-electron chi connectivity index (χ0n) is 15.9. The highest BCUT2D eigenvalue weighted by atomic mass is 16.5. The molecule has 2 bridgehead atoms. The third-order valence-corrected chi connectivity index (χ3v) is 6.22. The maximum Gasteiger partial charge on any atom is 0.223 e. The van der Waals surface area contributed by atoms with Gasteiger partial charge in [-0.05, 0) is 31.1 Å². The van der Waals surface area contributed by atoms with Gasteiger partial charge in [-0.15, -0.1) is 0 Å². The van der Waals surface area contributed by atoms with E-state index in [4.69, 9.17) is 4.74 Å². The summed E-state index contributed by atoms with van der Waals surface area (Å²) in [6.45, 7) is 3.76. The molecule has 0 unspecified atom stereocenters. The maximum atomic E-state index is 12.7. The molecule has 8 heteroatoms. The summed E-state index contributed by atoms with van der Waals surface area (Å²) < 4.78 is 5.25. The highest BCUT2D eigenvalue weighted by Gasteiger charge is 2.49. The molecule has 0 saturated carbocycles. The Morgan fingerprint density at radius 2 is 2.15 bits per heavy atom. The molecule has 0 spiro atoms. The fraction of sp³-hybridized carbons (Fsp3) is 0.684. The van der Waals surface area contributed by atoms with Crippen LogP contribution < -0.4 is 15.0 Å². The molecule has 1 N–H and O–H groups in total. The highest BCUT2D eigenvalue weighted by molar-refractivity contribution is 5.78. The average Bonchev–Trinajstić information content (AvgIpc) is 2.68. The van der Waals surface area contributed by atoms with Crippen molar-refractivity contribution < 1.29 is 14.3 Å². The van der Waals surface area contributed by atoms with Gasteiger partial charge in [0.05, 0.1) is 13.2 Å². The van der Waals surface area contributed by atoms with Crippen molar-refractivity contribution in [2.45, 2.75) is 44.7 Å². The Kier molecular flexibility index (Phi) is 4.88. The first-order valence-electron chi connectivity index (χ1n) is 9.73. The van der Waals surface area contributed by atoms with Gasteiger partial charge in [0, 0.05) is 45.1 Å². The number of ether oxygens (including phenoxy) is 1. The molecule has 2 amide bonds. The van der Waals surface area contributed by atoms with Crippen molar-refractivity contribution in [1.82, 2.24) is 20.2 Å². The lowest BCUT2D eigenvalue weighted by Crippen LogP contribution is -2.67. The molecular weight excluding hydrogens is 346 g/mol. The maximum absolute atomic E-state index is 12.7. The molecule has 3 fully saturated rings. The van der Waals surface area contributed by atoms with Crippen molar-refractivity contribution in [3.63, 3.8) is 0 Å². The minimum Gasteiger partial charge on any atom is -0.481 e. The summed E-state index contributed by atoms with van der Waals surface area (Å²) in [5, 5.41) is 2.95. The van der Waals surface area contributed by atoms with Gasteiger partial charge < -0.3 is 19.9 Å². The molecule has 3 aliphatic rings. The van der Waals surface area contributed by atoms with Crippen LogP contribution in [0.15, 0.2) is 12.4 Å². The first-order valence-corrected chi connectivity index (χ1v) is 9.73. The highest BCUT2D eigenvalue weighted by Crippen LogP contribution is 2.42. The third kappa shape index (κ3) is 3.44. The Hall–Kier alpha value is -2.38. The van der Waals surface area contributed by atoms with Crippen LogP contribution in [0.1, 0.15) is 32.6 Å². The van der Waals surface area contributed by atoms with Gasteiger partial charge in [-0.1, -0.05) is 0 Å². The number of carbonyl (C=O) groups excluding carboxylic acids is 2. The predicted molar refractivity (Wildman–Crippen MR) is 99.4 cm³/mol. The van der Waals surface area contributed by atoms with Crippen LogP contribution in [0.2, 0.25) is 0 Å². The van der Waals surface area contributed by atoms with E-state index < -0.39 is 0 Å².